The third-order valence-corrected chi connectivity index (χ3v) is 5.74. The van der Waals surface area contributed by atoms with E-state index in [2.05, 4.69) is 24.0 Å². The van der Waals surface area contributed by atoms with E-state index in [1.165, 1.54) is 12.0 Å². The molecule has 1 fully saturated rings. The lowest BCUT2D eigenvalue weighted by molar-refractivity contribution is 0.0129. The average Bonchev–Trinajstić information content (AvgIpc) is 2.95. The molecule has 1 aliphatic carbocycles. The summed E-state index contributed by atoms with van der Waals surface area (Å²) in [5, 5.41) is 10.1. The summed E-state index contributed by atoms with van der Waals surface area (Å²) in [6.07, 6.45) is 9.29. The normalized spacial score (nSPS) is 22.5. The van der Waals surface area contributed by atoms with Crippen molar-refractivity contribution in [1.82, 2.24) is 9.97 Å². The van der Waals surface area contributed by atoms with E-state index in [-0.39, 0.29) is 0 Å². The highest BCUT2D eigenvalue weighted by atomic mass is 16.5. The van der Waals surface area contributed by atoms with Crippen LogP contribution in [-0.2, 0) is 23.2 Å². The van der Waals surface area contributed by atoms with Crippen LogP contribution in [0.2, 0.25) is 0 Å². The maximum Gasteiger partial charge on any atom is 0.109 e. The largest absolute Gasteiger partial charge is 0.369 e. The van der Waals surface area contributed by atoms with Crippen molar-refractivity contribution in [2.75, 3.05) is 6.61 Å². The molecule has 0 amide bonds. The molecule has 2 aromatic heterocycles. The molecule has 1 atom stereocenters. The molecule has 4 rings (SSSR count). The Bertz CT molecular complexity index is 876. The standard InChI is InChI=1S/C22H25N3O/c1-15-13-16(9-11-24-15)20-17-7-4-3-5-8-19(17)25-21(18(20)14-23)22(2)10-6-12-26-22/h9,11,13H,3-8,10,12H2,1-2H3. The summed E-state index contributed by atoms with van der Waals surface area (Å²) >= 11 is 0. The molecule has 0 N–H and O–H groups in total. The molecule has 0 radical (unpaired) electrons. The van der Waals surface area contributed by atoms with Gasteiger partial charge in [0, 0.05) is 29.8 Å². The van der Waals surface area contributed by atoms with Gasteiger partial charge < -0.3 is 4.74 Å². The van der Waals surface area contributed by atoms with Gasteiger partial charge in [-0.25, -0.2) is 0 Å². The van der Waals surface area contributed by atoms with E-state index in [0.29, 0.717) is 5.56 Å². The quantitative estimate of drug-likeness (QED) is 0.744. The molecule has 3 heterocycles. The number of aromatic nitrogens is 2. The lowest BCUT2D eigenvalue weighted by atomic mass is 9.85. The summed E-state index contributed by atoms with van der Waals surface area (Å²) in [4.78, 5) is 9.39. The van der Waals surface area contributed by atoms with E-state index in [0.717, 1.165) is 73.3 Å². The number of ether oxygens (including phenoxy) is 1. The highest BCUT2D eigenvalue weighted by Gasteiger charge is 2.38. The molecule has 4 heteroatoms. The van der Waals surface area contributed by atoms with Crippen LogP contribution in [0.4, 0.5) is 0 Å². The van der Waals surface area contributed by atoms with Crippen LogP contribution in [0, 0.1) is 18.3 Å². The van der Waals surface area contributed by atoms with E-state index in [1.807, 2.05) is 19.2 Å². The first-order valence-electron chi connectivity index (χ1n) is 9.66. The molecular weight excluding hydrogens is 322 g/mol. The van der Waals surface area contributed by atoms with Crippen LogP contribution in [0.1, 0.15) is 67.2 Å². The zero-order chi connectivity index (χ0) is 18.1. The molecule has 0 saturated carbocycles. The zero-order valence-corrected chi connectivity index (χ0v) is 15.6. The summed E-state index contributed by atoms with van der Waals surface area (Å²) in [5.41, 5.74) is 6.61. The Labute approximate surface area is 155 Å². The molecule has 1 aliphatic heterocycles. The monoisotopic (exact) mass is 347 g/mol. The minimum absolute atomic E-state index is 0.455. The molecule has 0 aromatic carbocycles. The van der Waals surface area contributed by atoms with Gasteiger partial charge in [0.1, 0.15) is 11.7 Å². The summed E-state index contributed by atoms with van der Waals surface area (Å²) in [5.74, 6) is 0. The van der Waals surface area contributed by atoms with Gasteiger partial charge in [-0.05, 0) is 75.6 Å². The topological polar surface area (TPSA) is 58.8 Å². The summed E-state index contributed by atoms with van der Waals surface area (Å²) < 4.78 is 6.08. The van der Waals surface area contributed by atoms with Crippen LogP contribution in [0.5, 0.6) is 0 Å². The fraction of sp³-hybridized carbons (Fsp3) is 0.500. The van der Waals surface area contributed by atoms with Crippen molar-refractivity contribution in [3.8, 4) is 17.2 Å². The van der Waals surface area contributed by atoms with Crippen molar-refractivity contribution < 1.29 is 4.74 Å². The predicted octanol–water partition coefficient (Wildman–Crippen LogP) is 4.62. The number of pyridine rings is 2. The zero-order valence-electron chi connectivity index (χ0n) is 15.6. The van der Waals surface area contributed by atoms with Crippen molar-refractivity contribution in [2.24, 2.45) is 0 Å². The number of nitrogens with zero attached hydrogens (tertiary/aromatic N) is 3. The Morgan fingerprint density at radius 1 is 1.19 bits per heavy atom. The van der Waals surface area contributed by atoms with Gasteiger partial charge in [0.2, 0.25) is 0 Å². The van der Waals surface area contributed by atoms with Crippen molar-refractivity contribution >= 4 is 0 Å². The Hall–Kier alpha value is -2.25. The minimum Gasteiger partial charge on any atom is -0.369 e. The second-order valence-electron chi connectivity index (χ2n) is 7.68. The van der Waals surface area contributed by atoms with E-state index in [4.69, 9.17) is 9.72 Å². The maximum absolute atomic E-state index is 10.1. The molecular formula is C22H25N3O. The van der Waals surface area contributed by atoms with E-state index >= 15 is 0 Å². The summed E-state index contributed by atoms with van der Waals surface area (Å²) in [6.45, 7) is 4.83. The highest BCUT2D eigenvalue weighted by Crippen LogP contribution is 2.42. The third kappa shape index (κ3) is 2.91. The van der Waals surface area contributed by atoms with Crippen molar-refractivity contribution in [1.29, 1.82) is 5.26 Å². The van der Waals surface area contributed by atoms with Crippen LogP contribution in [0.25, 0.3) is 11.1 Å². The number of hydrogen-bond acceptors (Lipinski definition) is 4. The number of rotatable bonds is 2. The molecule has 134 valence electrons. The van der Waals surface area contributed by atoms with Crippen molar-refractivity contribution in [3.05, 3.63) is 46.5 Å². The van der Waals surface area contributed by atoms with E-state index < -0.39 is 5.60 Å². The molecule has 2 aliphatic rings. The Morgan fingerprint density at radius 3 is 2.77 bits per heavy atom. The first-order chi connectivity index (χ1) is 12.6. The second kappa shape index (κ2) is 6.81. The molecule has 4 nitrogen and oxygen atoms in total. The van der Waals surface area contributed by atoms with Gasteiger partial charge in [0.25, 0.3) is 0 Å². The lowest BCUT2D eigenvalue weighted by Gasteiger charge is -2.27. The number of aryl methyl sites for hydroxylation is 2. The summed E-state index contributed by atoms with van der Waals surface area (Å²) in [7, 11) is 0. The van der Waals surface area contributed by atoms with E-state index in [9.17, 15) is 5.26 Å². The Balaban J connectivity index is 2.02. The fourth-order valence-corrected chi connectivity index (χ4v) is 4.40. The van der Waals surface area contributed by atoms with Gasteiger partial charge in [-0.2, -0.15) is 5.26 Å². The van der Waals surface area contributed by atoms with Gasteiger partial charge in [0.15, 0.2) is 0 Å². The Morgan fingerprint density at radius 2 is 2.04 bits per heavy atom. The molecule has 0 bridgehead atoms. The van der Waals surface area contributed by atoms with Crippen LogP contribution >= 0.6 is 0 Å². The SMILES string of the molecule is Cc1cc(-c2c(C#N)c(C3(C)CCCO3)nc3c2CCCCC3)ccn1. The Kier molecular flexibility index (Phi) is 4.50. The van der Waals surface area contributed by atoms with Gasteiger partial charge in [-0.3, -0.25) is 9.97 Å². The lowest BCUT2D eigenvalue weighted by Crippen LogP contribution is -2.25. The number of fused-ring (bicyclic) bond motifs is 1. The van der Waals surface area contributed by atoms with Crippen LogP contribution in [-0.4, -0.2) is 16.6 Å². The van der Waals surface area contributed by atoms with Gasteiger partial charge >= 0.3 is 0 Å². The van der Waals surface area contributed by atoms with Crippen LogP contribution in [0.3, 0.4) is 0 Å². The number of hydrogen-bond donors (Lipinski definition) is 0. The minimum atomic E-state index is -0.455. The van der Waals surface area contributed by atoms with Crippen LogP contribution < -0.4 is 0 Å². The molecule has 26 heavy (non-hydrogen) atoms. The smallest absolute Gasteiger partial charge is 0.109 e. The van der Waals surface area contributed by atoms with Crippen molar-refractivity contribution in [2.45, 2.75) is 64.4 Å². The van der Waals surface area contributed by atoms with Crippen molar-refractivity contribution in [3.63, 3.8) is 0 Å². The van der Waals surface area contributed by atoms with E-state index in [1.54, 1.807) is 0 Å². The highest BCUT2D eigenvalue weighted by molar-refractivity contribution is 5.76. The first kappa shape index (κ1) is 17.2. The third-order valence-electron chi connectivity index (χ3n) is 5.74. The number of nitriles is 1. The fourth-order valence-electron chi connectivity index (χ4n) is 4.40. The molecule has 2 aromatic rings. The predicted molar refractivity (Wildman–Crippen MR) is 101 cm³/mol. The van der Waals surface area contributed by atoms with Gasteiger partial charge in [-0.15, -0.1) is 0 Å². The summed E-state index contributed by atoms with van der Waals surface area (Å²) in [6, 6.07) is 6.60. The molecule has 0 spiro atoms. The first-order valence-corrected chi connectivity index (χ1v) is 9.66. The molecule has 1 unspecified atom stereocenters. The maximum atomic E-state index is 10.1. The van der Waals surface area contributed by atoms with Gasteiger partial charge in [0.05, 0.1) is 11.3 Å². The molecule has 1 saturated heterocycles. The van der Waals surface area contributed by atoms with Gasteiger partial charge in [-0.1, -0.05) is 6.42 Å². The second-order valence-corrected chi connectivity index (χ2v) is 7.68. The van der Waals surface area contributed by atoms with Crippen LogP contribution in [0.15, 0.2) is 18.3 Å². The average molecular weight is 347 g/mol.